The highest BCUT2D eigenvalue weighted by atomic mass is 19.1. The van der Waals surface area contributed by atoms with Gasteiger partial charge in [-0.15, -0.1) is 0 Å². The Morgan fingerprint density at radius 2 is 2.00 bits per heavy atom. The number of nitrogens with zero attached hydrogens (tertiary/aromatic N) is 1. The van der Waals surface area contributed by atoms with E-state index in [0.717, 1.165) is 18.5 Å². The van der Waals surface area contributed by atoms with E-state index in [4.69, 9.17) is 4.42 Å². The molecular weight excluding hydrogens is 231 g/mol. The van der Waals surface area contributed by atoms with Gasteiger partial charge in [-0.1, -0.05) is 13.8 Å². The summed E-state index contributed by atoms with van der Waals surface area (Å²) in [6, 6.07) is 6.66. The molecule has 0 amide bonds. The molecule has 0 aliphatic heterocycles. The predicted octanol–water partition coefficient (Wildman–Crippen LogP) is 3.02. The lowest BCUT2D eigenvalue weighted by molar-refractivity contribution is 0.484. The molecule has 0 unspecified atom stereocenters. The van der Waals surface area contributed by atoms with Gasteiger partial charge in [0, 0.05) is 24.6 Å². The van der Waals surface area contributed by atoms with Gasteiger partial charge in [0.2, 0.25) is 0 Å². The van der Waals surface area contributed by atoms with Gasteiger partial charge < -0.3 is 9.73 Å². The first-order valence-corrected chi connectivity index (χ1v) is 6.09. The molecule has 4 heteroatoms. The molecule has 0 atom stereocenters. The van der Waals surface area contributed by atoms with Gasteiger partial charge in [0.05, 0.1) is 6.20 Å². The van der Waals surface area contributed by atoms with Crippen molar-refractivity contribution in [1.82, 2.24) is 10.3 Å². The van der Waals surface area contributed by atoms with Gasteiger partial charge in [0.1, 0.15) is 5.82 Å². The summed E-state index contributed by atoms with van der Waals surface area (Å²) in [5.74, 6) is 1.12. The van der Waals surface area contributed by atoms with Crippen molar-refractivity contribution in [2.24, 2.45) is 0 Å². The molecule has 2 rings (SSSR count). The Hall–Kier alpha value is -1.68. The molecule has 1 aromatic carbocycles. The van der Waals surface area contributed by atoms with Crippen LogP contribution in [-0.4, -0.2) is 17.6 Å². The van der Waals surface area contributed by atoms with E-state index in [1.807, 2.05) is 0 Å². The summed E-state index contributed by atoms with van der Waals surface area (Å²) < 4.78 is 18.4. The number of hydrogen-bond donors (Lipinski definition) is 1. The molecule has 96 valence electrons. The van der Waals surface area contributed by atoms with E-state index in [9.17, 15) is 4.39 Å². The molecule has 0 saturated carbocycles. The molecule has 1 aromatic heterocycles. The summed E-state index contributed by atoms with van der Waals surface area (Å²) in [6.45, 7) is 5.03. The molecule has 0 aliphatic carbocycles. The molecule has 3 nitrogen and oxygen atoms in total. The molecule has 2 aromatic rings. The van der Waals surface area contributed by atoms with Crippen molar-refractivity contribution in [2.45, 2.75) is 26.3 Å². The zero-order valence-corrected chi connectivity index (χ0v) is 10.6. The first-order valence-electron chi connectivity index (χ1n) is 6.09. The highest BCUT2D eigenvalue weighted by molar-refractivity contribution is 5.55. The standard InChI is InChI=1S/C14H17FN2O/c1-10(2)16-8-7-14-17-9-13(18-14)11-3-5-12(15)6-4-11/h3-6,9-10,16H,7-8H2,1-2H3. The van der Waals surface area contributed by atoms with Gasteiger partial charge in [-0.2, -0.15) is 0 Å². The van der Waals surface area contributed by atoms with E-state index in [1.165, 1.54) is 12.1 Å². The minimum Gasteiger partial charge on any atom is -0.441 e. The minimum absolute atomic E-state index is 0.250. The van der Waals surface area contributed by atoms with Crippen LogP contribution in [0.2, 0.25) is 0 Å². The van der Waals surface area contributed by atoms with Gasteiger partial charge >= 0.3 is 0 Å². The Kier molecular flexibility index (Phi) is 4.10. The van der Waals surface area contributed by atoms with E-state index in [1.54, 1.807) is 18.3 Å². The zero-order valence-electron chi connectivity index (χ0n) is 10.6. The minimum atomic E-state index is -0.250. The van der Waals surface area contributed by atoms with Crippen molar-refractivity contribution in [3.8, 4) is 11.3 Å². The fraction of sp³-hybridized carbons (Fsp3) is 0.357. The number of oxazole rings is 1. The summed E-state index contributed by atoms with van der Waals surface area (Å²) in [7, 11) is 0. The van der Waals surface area contributed by atoms with Crippen molar-refractivity contribution in [1.29, 1.82) is 0 Å². The van der Waals surface area contributed by atoms with Crippen LogP contribution in [0.5, 0.6) is 0 Å². The maximum Gasteiger partial charge on any atom is 0.196 e. The number of aromatic nitrogens is 1. The summed E-state index contributed by atoms with van der Waals surface area (Å²) in [5.41, 5.74) is 0.840. The summed E-state index contributed by atoms with van der Waals surface area (Å²) in [5, 5.41) is 3.30. The number of hydrogen-bond acceptors (Lipinski definition) is 3. The van der Waals surface area contributed by atoms with Crippen LogP contribution < -0.4 is 5.32 Å². The summed E-state index contributed by atoms with van der Waals surface area (Å²) in [6.07, 6.45) is 2.43. The van der Waals surface area contributed by atoms with Gasteiger partial charge in [-0.25, -0.2) is 9.37 Å². The molecule has 0 aliphatic rings. The maximum atomic E-state index is 12.8. The number of benzene rings is 1. The normalized spacial score (nSPS) is 11.1. The molecule has 0 fully saturated rings. The van der Waals surface area contributed by atoms with Crippen LogP contribution in [0.3, 0.4) is 0 Å². The molecule has 18 heavy (non-hydrogen) atoms. The van der Waals surface area contributed by atoms with Crippen LogP contribution in [0.15, 0.2) is 34.9 Å². The first kappa shape index (κ1) is 12.8. The number of nitrogens with one attached hydrogen (secondary N) is 1. The number of halogens is 1. The smallest absolute Gasteiger partial charge is 0.196 e. The predicted molar refractivity (Wildman–Crippen MR) is 68.7 cm³/mol. The van der Waals surface area contributed by atoms with Gasteiger partial charge in [-0.05, 0) is 24.3 Å². The quantitative estimate of drug-likeness (QED) is 0.883. The average molecular weight is 248 g/mol. The van der Waals surface area contributed by atoms with Gasteiger partial charge in [0.25, 0.3) is 0 Å². The van der Waals surface area contributed by atoms with Gasteiger partial charge in [-0.3, -0.25) is 0 Å². The van der Waals surface area contributed by atoms with E-state index in [2.05, 4.69) is 24.1 Å². The number of rotatable bonds is 5. The Morgan fingerprint density at radius 1 is 1.28 bits per heavy atom. The second kappa shape index (κ2) is 5.78. The Balaban J connectivity index is 1.99. The SMILES string of the molecule is CC(C)NCCc1ncc(-c2ccc(F)cc2)o1. The molecule has 0 bridgehead atoms. The molecule has 1 N–H and O–H groups in total. The monoisotopic (exact) mass is 248 g/mol. The zero-order chi connectivity index (χ0) is 13.0. The van der Waals surface area contributed by atoms with Crippen molar-refractivity contribution in [3.05, 3.63) is 42.2 Å². The third-order valence-corrected chi connectivity index (χ3v) is 2.57. The fourth-order valence-corrected chi connectivity index (χ4v) is 1.64. The highest BCUT2D eigenvalue weighted by Gasteiger charge is 2.06. The van der Waals surface area contributed by atoms with E-state index < -0.39 is 0 Å². The van der Waals surface area contributed by atoms with Gasteiger partial charge in [0.15, 0.2) is 11.7 Å². The van der Waals surface area contributed by atoms with Crippen LogP contribution in [0.1, 0.15) is 19.7 Å². The van der Waals surface area contributed by atoms with E-state index >= 15 is 0 Å². The largest absolute Gasteiger partial charge is 0.441 e. The average Bonchev–Trinajstić information content (AvgIpc) is 2.78. The fourth-order valence-electron chi connectivity index (χ4n) is 1.64. The van der Waals surface area contributed by atoms with Crippen LogP contribution >= 0.6 is 0 Å². The molecule has 0 radical (unpaired) electrons. The second-order valence-corrected chi connectivity index (χ2v) is 4.48. The molecule has 0 spiro atoms. The summed E-state index contributed by atoms with van der Waals surface area (Å²) in [4.78, 5) is 4.21. The van der Waals surface area contributed by atoms with Crippen LogP contribution in [0.4, 0.5) is 4.39 Å². The van der Waals surface area contributed by atoms with Crippen LogP contribution in [-0.2, 0) is 6.42 Å². The molecule has 0 saturated heterocycles. The van der Waals surface area contributed by atoms with Crippen molar-refractivity contribution in [3.63, 3.8) is 0 Å². The Morgan fingerprint density at radius 3 is 2.67 bits per heavy atom. The van der Waals surface area contributed by atoms with E-state index in [-0.39, 0.29) is 5.82 Å². The lowest BCUT2D eigenvalue weighted by Crippen LogP contribution is -2.24. The topological polar surface area (TPSA) is 38.1 Å². The second-order valence-electron chi connectivity index (χ2n) is 4.48. The van der Waals surface area contributed by atoms with Crippen molar-refractivity contribution in [2.75, 3.05) is 6.54 Å². The summed E-state index contributed by atoms with van der Waals surface area (Å²) >= 11 is 0. The third-order valence-electron chi connectivity index (χ3n) is 2.57. The van der Waals surface area contributed by atoms with E-state index in [0.29, 0.717) is 17.7 Å². The highest BCUT2D eigenvalue weighted by Crippen LogP contribution is 2.20. The van der Waals surface area contributed by atoms with Crippen LogP contribution in [0.25, 0.3) is 11.3 Å². The molecular formula is C14H17FN2O. The lowest BCUT2D eigenvalue weighted by atomic mass is 10.2. The maximum absolute atomic E-state index is 12.8. The Labute approximate surface area is 106 Å². The van der Waals surface area contributed by atoms with Crippen molar-refractivity contribution >= 4 is 0 Å². The van der Waals surface area contributed by atoms with Crippen LogP contribution in [0, 0.1) is 5.82 Å². The Bertz CT molecular complexity index is 491. The van der Waals surface area contributed by atoms with Crippen molar-refractivity contribution < 1.29 is 8.81 Å². The molecule has 1 heterocycles. The third kappa shape index (κ3) is 3.40. The lowest BCUT2D eigenvalue weighted by Gasteiger charge is -2.05. The first-order chi connectivity index (χ1) is 8.65.